The van der Waals surface area contributed by atoms with Crippen LogP contribution in [0.4, 0.5) is 5.69 Å². The van der Waals surface area contributed by atoms with Crippen LogP contribution in [0.5, 0.6) is 5.75 Å². The first-order chi connectivity index (χ1) is 15.0. The molecule has 8 nitrogen and oxygen atoms in total. The molecule has 0 saturated carbocycles. The van der Waals surface area contributed by atoms with Crippen LogP contribution in [0, 0.1) is 6.92 Å². The monoisotopic (exact) mass is 417 g/mol. The number of aromatic nitrogens is 4. The summed E-state index contributed by atoms with van der Waals surface area (Å²) in [6, 6.07) is 16.6. The van der Waals surface area contributed by atoms with Crippen LogP contribution < -0.4 is 15.6 Å². The Morgan fingerprint density at radius 1 is 1.10 bits per heavy atom. The Balaban J connectivity index is 1.62. The second-order valence-electron chi connectivity index (χ2n) is 7.12. The van der Waals surface area contributed by atoms with Crippen LogP contribution in [-0.2, 0) is 18.3 Å². The molecule has 0 aliphatic rings. The van der Waals surface area contributed by atoms with Gasteiger partial charge in [0.05, 0.1) is 13.0 Å². The summed E-state index contributed by atoms with van der Waals surface area (Å²) in [6.45, 7) is 4.29. The Hall–Kier alpha value is -3.94. The van der Waals surface area contributed by atoms with Crippen LogP contribution in [0.2, 0.25) is 0 Å². The minimum Gasteiger partial charge on any atom is -0.494 e. The molecule has 31 heavy (non-hydrogen) atoms. The molecule has 4 rings (SSSR count). The number of fused-ring (bicyclic) bond motifs is 1. The van der Waals surface area contributed by atoms with Gasteiger partial charge in [-0.3, -0.25) is 9.59 Å². The molecule has 1 amide bonds. The van der Waals surface area contributed by atoms with Crippen molar-refractivity contribution in [2.24, 2.45) is 7.05 Å². The molecule has 0 spiro atoms. The predicted octanol–water partition coefficient (Wildman–Crippen LogP) is 2.98. The number of aryl methyl sites for hydroxylation is 1. The zero-order chi connectivity index (χ0) is 22.0. The number of hydrogen-bond donors (Lipinski definition) is 1. The van der Waals surface area contributed by atoms with Gasteiger partial charge in [-0.05, 0) is 38.1 Å². The number of ether oxygens (including phenoxy) is 1. The highest BCUT2D eigenvalue weighted by Crippen LogP contribution is 2.18. The molecule has 8 heteroatoms. The molecule has 158 valence electrons. The van der Waals surface area contributed by atoms with Crippen molar-refractivity contribution in [3.05, 3.63) is 76.2 Å². The molecule has 0 bridgehead atoms. The van der Waals surface area contributed by atoms with Gasteiger partial charge in [-0.25, -0.2) is 0 Å². The van der Waals surface area contributed by atoms with Gasteiger partial charge >= 0.3 is 0 Å². The lowest BCUT2D eigenvalue weighted by Crippen LogP contribution is -2.28. The van der Waals surface area contributed by atoms with Crippen LogP contribution >= 0.6 is 0 Å². The van der Waals surface area contributed by atoms with E-state index in [4.69, 9.17) is 4.74 Å². The Morgan fingerprint density at radius 3 is 2.48 bits per heavy atom. The molecule has 2 aromatic carbocycles. The molecule has 0 aliphatic heterocycles. The first-order valence-corrected chi connectivity index (χ1v) is 10.0. The van der Waals surface area contributed by atoms with Gasteiger partial charge in [0.15, 0.2) is 5.82 Å². The highest BCUT2D eigenvalue weighted by molar-refractivity contribution is 5.92. The summed E-state index contributed by atoms with van der Waals surface area (Å²) >= 11 is 0. The average Bonchev–Trinajstić information content (AvgIpc) is 3.23. The highest BCUT2D eigenvalue weighted by atomic mass is 16.5. The third-order valence-corrected chi connectivity index (χ3v) is 5.10. The number of carbonyl (C=O) groups excluding carboxylic acids is 1. The number of benzene rings is 2. The van der Waals surface area contributed by atoms with E-state index in [0.29, 0.717) is 35.2 Å². The number of nitrogens with zero attached hydrogens (tertiary/aromatic N) is 4. The van der Waals surface area contributed by atoms with Crippen LogP contribution in [0.15, 0.2) is 59.4 Å². The maximum atomic E-state index is 13.1. The average molecular weight is 417 g/mol. The molecule has 4 aromatic rings. The van der Waals surface area contributed by atoms with E-state index in [9.17, 15) is 9.59 Å². The van der Waals surface area contributed by atoms with E-state index < -0.39 is 0 Å². The van der Waals surface area contributed by atoms with E-state index in [1.165, 1.54) is 4.52 Å². The van der Waals surface area contributed by atoms with Crippen molar-refractivity contribution in [1.82, 2.24) is 19.2 Å². The third kappa shape index (κ3) is 4.05. The van der Waals surface area contributed by atoms with Crippen molar-refractivity contribution in [2.45, 2.75) is 20.3 Å². The van der Waals surface area contributed by atoms with E-state index in [2.05, 4.69) is 15.4 Å². The molecule has 1 N–H and O–H groups in total. The van der Waals surface area contributed by atoms with E-state index in [1.807, 2.05) is 37.3 Å². The second kappa shape index (κ2) is 8.43. The van der Waals surface area contributed by atoms with E-state index in [0.717, 1.165) is 11.3 Å². The van der Waals surface area contributed by atoms with E-state index in [-0.39, 0.29) is 17.9 Å². The summed E-state index contributed by atoms with van der Waals surface area (Å²) < 4.78 is 8.45. The lowest BCUT2D eigenvalue weighted by atomic mass is 10.1. The summed E-state index contributed by atoms with van der Waals surface area (Å²) in [5.74, 6) is 1.34. The lowest BCUT2D eigenvalue weighted by Gasteiger charge is -2.11. The topological polar surface area (TPSA) is 90.5 Å². The van der Waals surface area contributed by atoms with Crippen molar-refractivity contribution in [2.75, 3.05) is 11.9 Å². The molecule has 0 radical (unpaired) electrons. The van der Waals surface area contributed by atoms with Gasteiger partial charge in [-0.15, -0.1) is 5.10 Å². The van der Waals surface area contributed by atoms with Gasteiger partial charge in [-0.1, -0.05) is 30.3 Å². The number of hydrogen-bond acceptors (Lipinski definition) is 5. The van der Waals surface area contributed by atoms with Gasteiger partial charge in [0.25, 0.3) is 5.56 Å². The summed E-state index contributed by atoms with van der Waals surface area (Å²) in [6.07, 6.45) is -0.0673. The number of carbonyl (C=O) groups is 1. The van der Waals surface area contributed by atoms with E-state index >= 15 is 0 Å². The molecule has 0 unspecified atom stereocenters. The first kappa shape index (κ1) is 20.3. The van der Waals surface area contributed by atoms with Crippen molar-refractivity contribution in [1.29, 1.82) is 0 Å². The normalized spacial score (nSPS) is 10.9. The standard InChI is InChI=1S/C23H23N5O3/c1-4-31-18-12-10-17(11-13-18)24-20(29)14-19-15(2)27(3)23-25-21(26-28(23)22(19)30)16-8-6-5-7-9-16/h5-13H,4,14H2,1-3H3,(H,24,29). The largest absolute Gasteiger partial charge is 0.494 e. The fourth-order valence-electron chi connectivity index (χ4n) is 3.37. The SMILES string of the molecule is CCOc1ccc(NC(=O)Cc2c(C)n(C)c3nc(-c4ccccc4)nn3c2=O)cc1. The summed E-state index contributed by atoms with van der Waals surface area (Å²) in [7, 11) is 1.81. The quantitative estimate of drug-likeness (QED) is 0.521. The van der Waals surface area contributed by atoms with Crippen molar-refractivity contribution >= 4 is 17.4 Å². The van der Waals surface area contributed by atoms with Crippen LogP contribution in [0.1, 0.15) is 18.2 Å². The Labute approximate surface area is 179 Å². The van der Waals surface area contributed by atoms with Gasteiger partial charge in [0, 0.05) is 29.6 Å². The summed E-state index contributed by atoms with van der Waals surface area (Å²) in [4.78, 5) is 30.3. The fourth-order valence-corrected chi connectivity index (χ4v) is 3.37. The maximum Gasteiger partial charge on any atom is 0.279 e. The fraction of sp³-hybridized carbons (Fsp3) is 0.217. The minimum absolute atomic E-state index is 0.0673. The van der Waals surface area contributed by atoms with Gasteiger partial charge < -0.3 is 14.6 Å². The minimum atomic E-state index is -0.345. The number of anilines is 1. The number of rotatable bonds is 6. The maximum absolute atomic E-state index is 13.1. The Morgan fingerprint density at radius 2 is 1.81 bits per heavy atom. The van der Waals surface area contributed by atoms with Crippen molar-refractivity contribution in [3.8, 4) is 17.1 Å². The van der Waals surface area contributed by atoms with E-state index in [1.54, 1.807) is 42.8 Å². The number of nitrogens with one attached hydrogen (secondary N) is 1. The van der Waals surface area contributed by atoms with Crippen LogP contribution in [0.3, 0.4) is 0 Å². The predicted molar refractivity (Wildman–Crippen MR) is 118 cm³/mol. The molecule has 2 heterocycles. The Bertz CT molecular complexity index is 1290. The van der Waals surface area contributed by atoms with Gasteiger partial charge in [0.1, 0.15) is 5.75 Å². The highest BCUT2D eigenvalue weighted by Gasteiger charge is 2.19. The van der Waals surface area contributed by atoms with Gasteiger partial charge in [0.2, 0.25) is 11.7 Å². The second-order valence-corrected chi connectivity index (χ2v) is 7.12. The molecule has 2 aromatic heterocycles. The molecule has 0 aliphatic carbocycles. The first-order valence-electron chi connectivity index (χ1n) is 10.0. The van der Waals surface area contributed by atoms with Crippen LogP contribution in [-0.4, -0.2) is 31.7 Å². The third-order valence-electron chi connectivity index (χ3n) is 5.10. The van der Waals surface area contributed by atoms with Crippen molar-refractivity contribution in [3.63, 3.8) is 0 Å². The molecular formula is C23H23N5O3. The Kier molecular flexibility index (Phi) is 5.53. The number of amides is 1. The molecule has 0 atom stereocenters. The lowest BCUT2D eigenvalue weighted by molar-refractivity contribution is -0.115. The van der Waals surface area contributed by atoms with Crippen LogP contribution in [0.25, 0.3) is 17.2 Å². The van der Waals surface area contributed by atoms with Gasteiger partial charge in [-0.2, -0.15) is 9.50 Å². The molecule has 0 saturated heterocycles. The zero-order valence-corrected chi connectivity index (χ0v) is 17.6. The summed E-state index contributed by atoms with van der Waals surface area (Å²) in [5.41, 5.74) is 2.16. The van der Waals surface area contributed by atoms with Crippen molar-refractivity contribution < 1.29 is 9.53 Å². The zero-order valence-electron chi connectivity index (χ0n) is 17.6. The smallest absolute Gasteiger partial charge is 0.279 e. The molecular weight excluding hydrogens is 394 g/mol. The summed E-state index contributed by atoms with van der Waals surface area (Å²) in [5, 5.41) is 7.21. The molecule has 0 fully saturated rings.